The average molecular weight is 476 g/mol. The van der Waals surface area contributed by atoms with Gasteiger partial charge in [-0.25, -0.2) is 0 Å². The molecule has 2 amide bonds. The highest BCUT2D eigenvalue weighted by Gasteiger charge is 2.67. The smallest absolute Gasteiger partial charge is 0.303 e. The number of fused-ring (bicyclic) bond motifs is 2. The number of aryl methyl sites for hydroxylation is 1. The first kappa shape index (κ1) is 24.3. The number of rotatable bonds is 8. The summed E-state index contributed by atoms with van der Waals surface area (Å²) < 4.78 is 5.85. The van der Waals surface area contributed by atoms with E-state index < -0.39 is 11.4 Å². The first-order valence-electron chi connectivity index (χ1n) is 11.9. The predicted octanol–water partition coefficient (Wildman–Crippen LogP) is 3.64. The molecule has 1 saturated carbocycles. The van der Waals surface area contributed by atoms with Crippen LogP contribution in [0.25, 0.3) is 0 Å². The third-order valence-electron chi connectivity index (χ3n) is 7.23. The molecule has 3 N–H and O–H groups in total. The molecule has 2 aliphatic rings. The van der Waals surface area contributed by atoms with Gasteiger partial charge in [-0.3, -0.25) is 14.4 Å². The number of benzene rings is 2. The molecular weight excluding hydrogens is 446 g/mol. The number of carboxylic acid groups (broad SMARTS) is 1. The Labute approximate surface area is 204 Å². The topological polar surface area (TPSA) is 129 Å². The van der Waals surface area contributed by atoms with Gasteiger partial charge in [-0.1, -0.05) is 13.0 Å². The number of amides is 2. The van der Waals surface area contributed by atoms with Crippen LogP contribution in [0.1, 0.15) is 60.2 Å². The minimum Gasteiger partial charge on any atom is -0.493 e. The molecule has 8 nitrogen and oxygen atoms in total. The van der Waals surface area contributed by atoms with E-state index in [-0.39, 0.29) is 30.1 Å². The van der Waals surface area contributed by atoms with Crippen molar-refractivity contribution in [3.8, 4) is 11.8 Å². The summed E-state index contributed by atoms with van der Waals surface area (Å²) in [5, 5.41) is 24.1. The normalized spacial score (nSPS) is 21.9. The Hall–Kier alpha value is -3.86. The van der Waals surface area contributed by atoms with Gasteiger partial charge in [-0.05, 0) is 68.0 Å². The molecule has 0 bridgehead atoms. The van der Waals surface area contributed by atoms with Gasteiger partial charge in [-0.2, -0.15) is 5.26 Å². The second-order valence-corrected chi connectivity index (χ2v) is 9.20. The quantitative estimate of drug-likeness (QED) is 0.535. The molecule has 1 spiro atoms. The van der Waals surface area contributed by atoms with Crippen LogP contribution in [-0.4, -0.2) is 36.0 Å². The van der Waals surface area contributed by atoms with Crippen molar-refractivity contribution < 1.29 is 24.2 Å². The average Bonchev–Trinajstić information content (AvgIpc) is 3.43. The number of ether oxygens (including phenoxy) is 1. The maximum atomic E-state index is 13.5. The van der Waals surface area contributed by atoms with E-state index in [1.807, 2.05) is 19.9 Å². The summed E-state index contributed by atoms with van der Waals surface area (Å²) in [5.41, 5.74) is 2.76. The summed E-state index contributed by atoms with van der Waals surface area (Å²) >= 11 is 0. The Bertz CT molecular complexity index is 1220. The van der Waals surface area contributed by atoms with E-state index in [0.29, 0.717) is 55.0 Å². The van der Waals surface area contributed by atoms with Crippen molar-refractivity contribution in [1.82, 2.24) is 5.32 Å². The lowest BCUT2D eigenvalue weighted by Crippen LogP contribution is -2.28. The molecule has 4 rings (SSSR count). The van der Waals surface area contributed by atoms with Gasteiger partial charge < -0.3 is 20.5 Å². The first-order chi connectivity index (χ1) is 16.8. The van der Waals surface area contributed by atoms with Crippen molar-refractivity contribution in [3.05, 3.63) is 58.7 Å². The van der Waals surface area contributed by atoms with Gasteiger partial charge in [-0.15, -0.1) is 0 Å². The van der Waals surface area contributed by atoms with Crippen LogP contribution < -0.4 is 15.4 Å². The van der Waals surface area contributed by atoms with Crippen LogP contribution in [0.4, 0.5) is 5.69 Å². The minimum atomic E-state index is -0.872. The summed E-state index contributed by atoms with van der Waals surface area (Å²) in [6.07, 6.45) is 1.61. The Morgan fingerprint density at radius 1 is 1.23 bits per heavy atom. The van der Waals surface area contributed by atoms with Crippen LogP contribution in [0.2, 0.25) is 0 Å². The molecule has 2 aromatic rings. The number of aliphatic carboxylic acids is 1. The molecule has 35 heavy (non-hydrogen) atoms. The molecule has 1 aliphatic carbocycles. The summed E-state index contributed by atoms with van der Waals surface area (Å²) in [6, 6.07) is 12.6. The Balaban J connectivity index is 1.59. The van der Waals surface area contributed by atoms with Crippen LogP contribution in [0.5, 0.6) is 5.75 Å². The summed E-state index contributed by atoms with van der Waals surface area (Å²) in [7, 11) is 0. The van der Waals surface area contributed by atoms with Gasteiger partial charge in [0, 0.05) is 35.2 Å². The van der Waals surface area contributed by atoms with Gasteiger partial charge in [0.05, 0.1) is 24.2 Å². The van der Waals surface area contributed by atoms with Crippen molar-refractivity contribution in [2.45, 2.75) is 44.9 Å². The third-order valence-corrected chi connectivity index (χ3v) is 7.23. The lowest BCUT2D eigenvalue weighted by atomic mass is 9.85. The van der Waals surface area contributed by atoms with Crippen LogP contribution in [0, 0.1) is 23.2 Å². The molecule has 0 saturated heterocycles. The lowest BCUT2D eigenvalue weighted by molar-refractivity contribution is -0.137. The van der Waals surface area contributed by atoms with Gasteiger partial charge in [0.25, 0.3) is 5.91 Å². The van der Waals surface area contributed by atoms with Gasteiger partial charge in [0.15, 0.2) is 0 Å². The highest BCUT2D eigenvalue weighted by atomic mass is 16.5. The maximum Gasteiger partial charge on any atom is 0.303 e. The number of anilines is 1. The number of hydrogen-bond donors (Lipinski definition) is 3. The number of carboxylic acids is 1. The SMILES string of the molecule is CCNC(=O)c1ccc2c(c1)[C@]1(CCO2)C(C)C1C(=O)Nc1cc(C#N)ccc1CCCC(=O)O. The molecule has 2 aromatic carbocycles. The largest absolute Gasteiger partial charge is 0.493 e. The summed E-state index contributed by atoms with van der Waals surface area (Å²) in [4.78, 5) is 36.9. The van der Waals surface area contributed by atoms with Gasteiger partial charge in [0.2, 0.25) is 5.91 Å². The van der Waals surface area contributed by atoms with Crippen molar-refractivity contribution in [2.24, 2.45) is 11.8 Å². The van der Waals surface area contributed by atoms with Crippen LogP contribution in [-0.2, 0) is 21.4 Å². The van der Waals surface area contributed by atoms with Crippen molar-refractivity contribution >= 4 is 23.5 Å². The number of nitriles is 1. The molecule has 1 fully saturated rings. The second kappa shape index (κ2) is 9.79. The first-order valence-corrected chi connectivity index (χ1v) is 11.9. The van der Waals surface area contributed by atoms with Crippen molar-refractivity contribution in [1.29, 1.82) is 5.26 Å². The van der Waals surface area contributed by atoms with Crippen LogP contribution in [0.15, 0.2) is 36.4 Å². The number of nitrogens with zero attached hydrogens (tertiary/aromatic N) is 1. The van der Waals surface area contributed by atoms with Crippen LogP contribution >= 0.6 is 0 Å². The van der Waals surface area contributed by atoms with E-state index in [9.17, 15) is 19.6 Å². The molecule has 2 unspecified atom stereocenters. The van der Waals surface area contributed by atoms with E-state index >= 15 is 0 Å². The van der Waals surface area contributed by atoms with Crippen molar-refractivity contribution in [3.63, 3.8) is 0 Å². The zero-order valence-electron chi connectivity index (χ0n) is 19.9. The van der Waals surface area contributed by atoms with Gasteiger partial charge in [0.1, 0.15) is 5.75 Å². The van der Waals surface area contributed by atoms with Crippen LogP contribution in [0.3, 0.4) is 0 Å². The maximum absolute atomic E-state index is 13.5. The predicted molar refractivity (Wildman–Crippen MR) is 129 cm³/mol. The number of carbonyl (C=O) groups excluding carboxylic acids is 2. The van der Waals surface area contributed by atoms with E-state index in [2.05, 4.69) is 16.7 Å². The Kier molecular flexibility index (Phi) is 6.79. The second-order valence-electron chi connectivity index (χ2n) is 9.20. The lowest BCUT2D eigenvalue weighted by Gasteiger charge is -2.28. The van der Waals surface area contributed by atoms with E-state index in [0.717, 1.165) is 11.1 Å². The fourth-order valence-corrected chi connectivity index (χ4v) is 5.40. The molecule has 1 aliphatic heterocycles. The van der Waals surface area contributed by atoms with E-state index in [4.69, 9.17) is 9.84 Å². The zero-order chi connectivity index (χ0) is 25.2. The van der Waals surface area contributed by atoms with E-state index in [1.165, 1.54) is 0 Å². The molecule has 182 valence electrons. The number of hydrogen-bond acceptors (Lipinski definition) is 5. The molecule has 3 atom stereocenters. The fourth-order valence-electron chi connectivity index (χ4n) is 5.40. The monoisotopic (exact) mass is 475 g/mol. The highest BCUT2D eigenvalue weighted by molar-refractivity contribution is 5.98. The summed E-state index contributed by atoms with van der Waals surface area (Å²) in [6.45, 7) is 4.92. The minimum absolute atomic E-state index is 0.0287. The molecule has 0 aromatic heterocycles. The molecular formula is C27H29N3O5. The molecule has 0 radical (unpaired) electrons. The summed E-state index contributed by atoms with van der Waals surface area (Å²) in [5.74, 6) is -0.750. The van der Waals surface area contributed by atoms with Crippen molar-refractivity contribution in [2.75, 3.05) is 18.5 Å². The highest BCUT2D eigenvalue weighted by Crippen LogP contribution is 2.65. The molecule has 8 heteroatoms. The van der Waals surface area contributed by atoms with Gasteiger partial charge >= 0.3 is 5.97 Å². The number of nitrogens with one attached hydrogen (secondary N) is 2. The number of carbonyl (C=O) groups is 3. The third kappa shape index (κ3) is 4.59. The fraction of sp³-hybridized carbons (Fsp3) is 0.407. The Morgan fingerprint density at radius 2 is 2.03 bits per heavy atom. The van der Waals surface area contributed by atoms with E-state index in [1.54, 1.807) is 30.3 Å². The molecule has 1 heterocycles. The zero-order valence-corrected chi connectivity index (χ0v) is 19.9. The standard InChI is InChI=1S/C27H29N3O5/c1-3-29-25(33)19-9-10-22-20(14-19)27(11-12-35-22)16(2)24(27)26(34)30-21-13-17(15-28)7-8-18(21)5-4-6-23(31)32/h7-10,13-14,16,24H,3-6,11-12H2,1-2H3,(H,29,33)(H,30,34)(H,31,32)/t16?,24?,27-/m0/s1. The Morgan fingerprint density at radius 3 is 2.74 bits per heavy atom.